The number of nitrogens with zero attached hydrogens (tertiary/aromatic N) is 3. The predicted molar refractivity (Wildman–Crippen MR) is 131 cm³/mol. The maximum atomic E-state index is 13.1. The average molecular weight is 464 g/mol. The largest absolute Gasteiger partial charge is 0.496 e. The third-order valence-electron chi connectivity index (χ3n) is 6.49. The molecule has 4 aromatic rings. The lowest BCUT2D eigenvalue weighted by molar-refractivity contribution is -0.130. The Hall–Kier alpha value is -3.39. The maximum Gasteiger partial charge on any atom is 0.340 e. The van der Waals surface area contributed by atoms with E-state index in [1.807, 2.05) is 43.0 Å². The fraction of sp³-hybridized carbons (Fsp3) is 0.320. The summed E-state index contributed by atoms with van der Waals surface area (Å²) in [5.74, 6) is 1.59. The van der Waals surface area contributed by atoms with E-state index in [0.29, 0.717) is 43.1 Å². The van der Waals surface area contributed by atoms with Crippen molar-refractivity contribution in [3.63, 3.8) is 0 Å². The molecular formula is C25H25N3O4S. The van der Waals surface area contributed by atoms with E-state index in [1.165, 1.54) is 11.5 Å². The number of carbonyl (C=O) groups excluding carboxylic acids is 1. The standard InChI is InChI=1S/C25H25N3O4S/c1-15-17-8-9-20(31-3)16(2)23(17)32-25(30)19(15)14-22(29)27-10-12-28(13-11-27)24-18-6-4-5-7-21(18)33-26-24/h4-9H,10-14H2,1-3H3. The van der Waals surface area contributed by atoms with E-state index in [4.69, 9.17) is 9.15 Å². The number of fused-ring (bicyclic) bond motifs is 2. The van der Waals surface area contributed by atoms with Crippen LogP contribution in [0.1, 0.15) is 16.7 Å². The number of rotatable bonds is 4. The fourth-order valence-electron chi connectivity index (χ4n) is 4.53. The zero-order valence-electron chi connectivity index (χ0n) is 18.9. The molecule has 1 saturated heterocycles. The Bertz CT molecular complexity index is 1420. The van der Waals surface area contributed by atoms with Crippen LogP contribution in [0.5, 0.6) is 5.75 Å². The molecule has 33 heavy (non-hydrogen) atoms. The van der Waals surface area contributed by atoms with Gasteiger partial charge in [-0.15, -0.1) is 0 Å². The Balaban J connectivity index is 1.33. The minimum Gasteiger partial charge on any atom is -0.496 e. The third-order valence-corrected chi connectivity index (χ3v) is 7.31. The van der Waals surface area contributed by atoms with E-state index in [9.17, 15) is 9.59 Å². The van der Waals surface area contributed by atoms with Gasteiger partial charge < -0.3 is 19.0 Å². The summed E-state index contributed by atoms with van der Waals surface area (Å²) < 4.78 is 16.7. The molecule has 2 aromatic carbocycles. The molecule has 170 valence electrons. The lowest BCUT2D eigenvalue weighted by Gasteiger charge is -2.35. The summed E-state index contributed by atoms with van der Waals surface area (Å²) in [6, 6.07) is 11.9. The normalized spacial score (nSPS) is 14.3. The molecular weight excluding hydrogens is 438 g/mol. The maximum absolute atomic E-state index is 13.1. The highest BCUT2D eigenvalue weighted by Gasteiger charge is 2.25. The van der Waals surface area contributed by atoms with E-state index in [1.54, 1.807) is 7.11 Å². The minimum atomic E-state index is -0.461. The predicted octanol–water partition coefficient (Wildman–Crippen LogP) is 3.92. The lowest BCUT2D eigenvalue weighted by Crippen LogP contribution is -2.49. The van der Waals surface area contributed by atoms with Gasteiger partial charge in [0, 0.05) is 42.5 Å². The third kappa shape index (κ3) is 3.74. The second-order valence-corrected chi connectivity index (χ2v) is 9.11. The Morgan fingerprint density at radius 2 is 1.82 bits per heavy atom. The summed E-state index contributed by atoms with van der Waals surface area (Å²) in [5, 5.41) is 1.98. The van der Waals surface area contributed by atoms with Crippen molar-refractivity contribution in [1.29, 1.82) is 0 Å². The van der Waals surface area contributed by atoms with Gasteiger partial charge in [-0.25, -0.2) is 4.79 Å². The van der Waals surface area contributed by atoms with Gasteiger partial charge in [0.2, 0.25) is 5.91 Å². The minimum absolute atomic E-state index is 0.0365. The number of carbonyl (C=O) groups is 1. The van der Waals surface area contributed by atoms with Gasteiger partial charge in [0.15, 0.2) is 0 Å². The molecule has 2 aromatic heterocycles. The molecule has 0 N–H and O–H groups in total. The Kier molecular flexibility index (Phi) is 5.54. The van der Waals surface area contributed by atoms with E-state index < -0.39 is 5.63 Å². The smallest absolute Gasteiger partial charge is 0.340 e. The number of aromatic nitrogens is 1. The highest BCUT2D eigenvalue weighted by molar-refractivity contribution is 7.13. The van der Waals surface area contributed by atoms with Crippen LogP contribution in [-0.4, -0.2) is 48.5 Å². The summed E-state index contributed by atoms with van der Waals surface area (Å²) in [6.07, 6.45) is 0.0365. The number of hydrogen-bond acceptors (Lipinski definition) is 7. The first kappa shape index (κ1) is 21.5. The van der Waals surface area contributed by atoms with E-state index in [0.717, 1.165) is 32.4 Å². The fourth-order valence-corrected chi connectivity index (χ4v) is 5.32. The highest BCUT2D eigenvalue weighted by atomic mass is 32.1. The average Bonchev–Trinajstić information content (AvgIpc) is 3.27. The Morgan fingerprint density at radius 3 is 2.58 bits per heavy atom. The van der Waals surface area contributed by atoms with Crippen molar-refractivity contribution in [3.05, 3.63) is 63.5 Å². The summed E-state index contributed by atoms with van der Waals surface area (Å²) in [4.78, 5) is 29.9. The molecule has 1 aliphatic heterocycles. The molecule has 7 nitrogen and oxygen atoms in total. The van der Waals surface area contributed by atoms with Crippen LogP contribution in [0, 0.1) is 13.8 Å². The summed E-state index contributed by atoms with van der Waals surface area (Å²) in [6.45, 7) is 6.35. The quantitative estimate of drug-likeness (QED) is 0.427. The second kappa shape index (κ2) is 8.51. The van der Waals surface area contributed by atoms with Gasteiger partial charge in [-0.05, 0) is 55.2 Å². The number of hydrogen-bond donors (Lipinski definition) is 0. The van der Waals surface area contributed by atoms with Crippen molar-refractivity contribution < 1.29 is 13.9 Å². The molecule has 1 aliphatic rings. The molecule has 0 unspecified atom stereocenters. The monoisotopic (exact) mass is 463 g/mol. The molecule has 0 atom stereocenters. The van der Waals surface area contributed by atoms with Gasteiger partial charge in [0.25, 0.3) is 0 Å². The van der Waals surface area contributed by atoms with Crippen LogP contribution < -0.4 is 15.3 Å². The number of anilines is 1. The van der Waals surface area contributed by atoms with Gasteiger partial charge in [0.1, 0.15) is 17.2 Å². The Morgan fingerprint density at radius 1 is 1.06 bits per heavy atom. The first-order valence-corrected chi connectivity index (χ1v) is 11.7. The molecule has 5 rings (SSSR count). The number of piperazine rings is 1. The number of methoxy groups -OCH3 is 1. The Labute approximate surface area is 195 Å². The van der Waals surface area contributed by atoms with Crippen LogP contribution in [0.2, 0.25) is 0 Å². The first-order chi connectivity index (χ1) is 16.0. The van der Waals surface area contributed by atoms with Crippen LogP contribution in [0.3, 0.4) is 0 Å². The lowest BCUT2D eigenvalue weighted by atomic mass is 10.0. The summed E-state index contributed by atoms with van der Waals surface area (Å²) >= 11 is 1.50. The molecule has 3 heterocycles. The van der Waals surface area contributed by atoms with E-state index >= 15 is 0 Å². The number of benzene rings is 2. The van der Waals surface area contributed by atoms with Crippen LogP contribution in [0.25, 0.3) is 21.1 Å². The van der Waals surface area contributed by atoms with Crippen LogP contribution in [0.4, 0.5) is 5.82 Å². The molecule has 0 aliphatic carbocycles. The zero-order chi connectivity index (χ0) is 23.1. The van der Waals surface area contributed by atoms with Gasteiger partial charge in [-0.1, -0.05) is 12.1 Å². The topological polar surface area (TPSA) is 75.9 Å². The summed E-state index contributed by atoms with van der Waals surface area (Å²) in [7, 11) is 1.59. The number of aryl methyl sites for hydroxylation is 2. The van der Waals surface area contributed by atoms with Crippen LogP contribution in [-0.2, 0) is 11.2 Å². The molecule has 0 saturated carbocycles. The number of amides is 1. The van der Waals surface area contributed by atoms with Crippen molar-refractivity contribution >= 4 is 44.3 Å². The van der Waals surface area contributed by atoms with Crippen molar-refractivity contribution in [2.24, 2.45) is 0 Å². The van der Waals surface area contributed by atoms with Gasteiger partial charge in [-0.2, -0.15) is 4.37 Å². The van der Waals surface area contributed by atoms with E-state index in [2.05, 4.69) is 21.4 Å². The van der Waals surface area contributed by atoms with Crippen molar-refractivity contribution in [3.8, 4) is 5.75 Å². The number of ether oxygens (including phenoxy) is 1. The summed E-state index contributed by atoms with van der Waals surface area (Å²) in [5.41, 5.74) is 2.03. The molecule has 1 fully saturated rings. The molecule has 0 spiro atoms. The first-order valence-electron chi connectivity index (χ1n) is 10.9. The zero-order valence-corrected chi connectivity index (χ0v) is 19.7. The van der Waals surface area contributed by atoms with Gasteiger partial charge in [-0.3, -0.25) is 4.79 Å². The molecule has 0 bridgehead atoms. The van der Waals surface area contributed by atoms with E-state index in [-0.39, 0.29) is 12.3 Å². The molecule has 1 amide bonds. The van der Waals surface area contributed by atoms with Crippen LogP contribution in [0.15, 0.2) is 45.6 Å². The molecule has 8 heteroatoms. The van der Waals surface area contributed by atoms with Crippen molar-refractivity contribution in [2.45, 2.75) is 20.3 Å². The molecule has 0 radical (unpaired) electrons. The highest BCUT2D eigenvalue weighted by Crippen LogP contribution is 2.31. The SMILES string of the molecule is COc1ccc2c(C)c(CC(=O)N3CCN(c4nsc5ccccc45)CC3)c(=O)oc2c1C. The van der Waals surface area contributed by atoms with Gasteiger partial charge >= 0.3 is 5.63 Å². The van der Waals surface area contributed by atoms with Crippen LogP contribution >= 0.6 is 11.5 Å². The van der Waals surface area contributed by atoms with Gasteiger partial charge in [0.05, 0.1) is 23.8 Å². The van der Waals surface area contributed by atoms with Crippen molar-refractivity contribution in [1.82, 2.24) is 9.27 Å². The second-order valence-electron chi connectivity index (χ2n) is 8.31. The van der Waals surface area contributed by atoms with Crippen molar-refractivity contribution in [2.75, 3.05) is 38.2 Å².